The van der Waals surface area contributed by atoms with Crippen LogP contribution in [0, 0.1) is 0 Å². The molecule has 90 valence electrons. The van der Waals surface area contributed by atoms with Gasteiger partial charge in [-0.1, -0.05) is 35.4 Å². The lowest BCUT2D eigenvalue weighted by Gasteiger charge is -2.21. The number of rotatable bonds is 3. The second-order valence-corrected chi connectivity index (χ2v) is 4.15. The molecular formula is C12H16N4O. The van der Waals surface area contributed by atoms with Crippen molar-refractivity contribution in [3.8, 4) is 0 Å². The zero-order valence-electron chi connectivity index (χ0n) is 9.70. The standard InChI is InChI=1S/C12H16N4O/c13-15-14-12-9-16(6-7-17-10-12)8-11-4-2-1-3-5-11/h1-5,12H,6-10H2. The number of azide groups is 1. The molecule has 1 fully saturated rings. The van der Waals surface area contributed by atoms with E-state index in [0.29, 0.717) is 13.2 Å². The van der Waals surface area contributed by atoms with Crippen molar-refractivity contribution in [3.63, 3.8) is 0 Å². The Morgan fingerprint density at radius 2 is 2.24 bits per heavy atom. The maximum atomic E-state index is 8.47. The third-order valence-corrected chi connectivity index (χ3v) is 2.79. The summed E-state index contributed by atoms with van der Waals surface area (Å²) in [5.74, 6) is 0. The molecule has 0 radical (unpaired) electrons. The van der Waals surface area contributed by atoms with Gasteiger partial charge in [-0.05, 0) is 11.1 Å². The van der Waals surface area contributed by atoms with Crippen LogP contribution in [-0.2, 0) is 11.3 Å². The van der Waals surface area contributed by atoms with E-state index >= 15 is 0 Å². The van der Waals surface area contributed by atoms with Crippen molar-refractivity contribution in [2.45, 2.75) is 12.6 Å². The molecule has 5 heteroatoms. The molecule has 0 amide bonds. The highest BCUT2D eigenvalue weighted by Gasteiger charge is 2.17. The first-order chi connectivity index (χ1) is 8.38. The van der Waals surface area contributed by atoms with Crippen LogP contribution >= 0.6 is 0 Å². The lowest BCUT2D eigenvalue weighted by Crippen LogP contribution is -2.31. The van der Waals surface area contributed by atoms with Crippen LogP contribution < -0.4 is 0 Å². The summed E-state index contributed by atoms with van der Waals surface area (Å²) in [6, 6.07) is 10.2. The summed E-state index contributed by atoms with van der Waals surface area (Å²) in [6.45, 7) is 3.74. The van der Waals surface area contributed by atoms with Gasteiger partial charge in [0.05, 0.1) is 19.3 Å². The molecule has 1 aliphatic rings. The second-order valence-electron chi connectivity index (χ2n) is 4.15. The number of hydrogen-bond acceptors (Lipinski definition) is 3. The molecule has 2 rings (SSSR count). The minimum Gasteiger partial charge on any atom is -0.380 e. The Labute approximate surface area is 101 Å². The summed E-state index contributed by atoms with van der Waals surface area (Å²) < 4.78 is 5.42. The van der Waals surface area contributed by atoms with Crippen LogP contribution in [0.25, 0.3) is 10.4 Å². The Morgan fingerprint density at radius 3 is 3.00 bits per heavy atom. The zero-order valence-corrected chi connectivity index (χ0v) is 9.70. The molecule has 0 aromatic heterocycles. The van der Waals surface area contributed by atoms with E-state index in [1.807, 2.05) is 18.2 Å². The summed E-state index contributed by atoms with van der Waals surface area (Å²) in [4.78, 5) is 5.13. The fraction of sp³-hybridized carbons (Fsp3) is 0.500. The van der Waals surface area contributed by atoms with Crippen LogP contribution in [-0.4, -0.2) is 37.2 Å². The first kappa shape index (κ1) is 11.9. The van der Waals surface area contributed by atoms with E-state index in [1.54, 1.807) is 0 Å². The smallest absolute Gasteiger partial charge is 0.0735 e. The van der Waals surface area contributed by atoms with Gasteiger partial charge in [0, 0.05) is 24.5 Å². The molecule has 1 aromatic rings. The van der Waals surface area contributed by atoms with Crippen LogP contribution in [0.2, 0.25) is 0 Å². The molecule has 0 saturated carbocycles. The lowest BCUT2D eigenvalue weighted by atomic mass is 10.2. The largest absolute Gasteiger partial charge is 0.380 e. The first-order valence-corrected chi connectivity index (χ1v) is 5.76. The van der Waals surface area contributed by atoms with E-state index in [9.17, 15) is 0 Å². The van der Waals surface area contributed by atoms with Gasteiger partial charge in [-0.15, -0.1) is 0 Å². The van der Waals surface area contributed by atoms with E-state index < -0.39 is 0 Å². The third-order valence-electron chi connectivity index (χ3n) is 2.79. The highest BCUT2D eigenvalue weighted by molar-refractivity contribution is 5.14. The Bertz CT molecular complexity index is 389. The summed E-state index contributed by atoms with van der Waals surface area (Å²) in [6.07, 6.45) is 0. The maximum absolute atomic E-state index is 8.47. The minimum absolute atomic E-state index is 0.0776. The van der Waals surface area contributed by atoms with Crippen molar-refractivity contribution in [1.82, 2.24) is 4.90 Å². The zero-order chi connectivity index (χ0) is 11.9. The Morgan fingerprint density at radius 1 is 1.41 bits per heavy atom. The fourth-order valence-electron chi connectivity index (χ4n) is 1.98. The quantitative estimate of drug-likeness (QED) is 0.455. The molecule has 0 spiro atoms. The molecule has 1 saturated heterocycles. The highest BCUT2D eigenvalue weighted by atomic mass is 16.5. The van der Waals surface area contributed by atoms with E-state index in [1.165, 1.54) is 5.56 Å². The van der Waals surface area contributed by atoms with Gasteiger partial charge in [-0.2, -0.15) is 0 Å². The van der Waals surface area contributed by atoms with Crippen molar-refractivity contribution >= 4 is 0 Å². The monoisotopic (exact) mass is 232 g/mol. The molecule has 1 aliphatic heterocycles. The average molecular weight is 232 g/mol. The van der Waals surface area contributed by atoms with Gasteiger partial charge < -0.3 is 4.74 Å². The van der Waals surface area contributed by atoms with Crippen LogP contribution in [0.1, 0.15) is 5.56 Å². The summed E-state index contributed by atoms with van der Waals surface area (Å²) in [7, 11) is 0. The molecule has 1 aromatic carbocycles. The molecule has 1 unspecified atom stereocenters. The fourth-order valence-corrected chi connectivity index (χ4v) is 1.98. The minimum atomic E-state index is -0.0776. The van der Waals surface area contributed by atoms with Gasteiger partial charge in [0.25, 0.3) is 0 Å². The van der Waals surface area contributed by atoms with Gasteiger partial charge >= 0.3 is 0 Å². The summed E-state index contributed by atoms with van der Waals surface area (Å²) >= 11 is 0. The molecule has 1 atom stereocenters. The third kappa shape index (κ3) is 3.75. The van der Waals surface area contributed by atoms with Crippen LogP contribution in [0.5, 0.6) is 0 Å². The normalized spacial score (nSPS) is 21.5. The van der Waals surface area contributed by atoms with Crippen LogP contribution in [0.4, 0.5) is 0 Å². The van der Waals surface area contributed by atoms with Crippen molar-refractivity contribution < 1.29 is 4.74 Å². The van der Waals surface area contributed by atoms with Crippen molar-refractivity contribution in [1.29, 1.82) is 0 Å². The molecule has 0 aliphatic carbocycles. The lowest BCUT2D eigenvalue weighted by molar-refractivity contribution is 0.135. The van der Waals surface area contributed by atoms with Gasteiger partial charge in [-0.25, -0.2) is 0 Å². The van der Waals surface area contributed by atoms with Crippen molar-refractivity contribution in [2.75, 3.05) is 26.3 Å². The Hall–Kier alpha value is -1.55. The Balaban J connectivity index is 1.97. The predicted molar refractivity (Wildman–Crippen MR) is 65.5 cm³/mol. The van der Waals surface area contributed by atoms with Crippen molar-refractivity contribution in [3.05, 3.63) is 46.3 Å². The van der Waals surface area contributed by atoms with Gasteiger partial charge in [0.15, 0.2) is 0 Å². The molecule has 17 heavy (non-hydrogen) atoms. The highest BCUT2D eigenvalue weighted by Crippen LogP contribution is 2.09. The van der Waals surface area contributed by atoms with Crippen molar-refractivity contribution in [2.24, 2.45) is 5.11 Å². The molecule has 0 N–H and O–H groups in total. The van der Waals surface area contributed by atoms with Gasteiger partial charge in [0.1, 0.15) is 0 Å². The van der Waals surface area contributed by atoms with E-state index in [0.717, 1.165) is 19.6 Å². The SMILES string of the molecule is [N-]=[N+]=NC1COCCN(Cc2ccccc2)C1. The van der Waals surface area contributed by atoms with Gasteiger partial charge in [0.2, 0.25) is 0 Å². The molecule has 5 nitrogen and oxygen atoms in total. The van der Waals surface area contributed by atoms with E-state index in [4.69, 9.17) is 10.3 Å². The van der Waals surface area contributed by atoms with E-state index in [-0.39, 0.29) is 6.04 Å². The average Bonchev–Trinajstić information content (AvgIpc) is 2.56. The number of hydrogen-bond donors (Lipinski definition) is 0. The van der Waals surface area contributed by atoms with Crippen LogP contribution in [0.15, 0.2) is 35.4 Å². The van der Waals surface area contributed by atoms with Gasteiger partial charge in [-0.3, -0.25) is 4.90 Å². The first-order valence-electron chi connectivity index (χ1n) is 5.76. The summed E-state index contributed by atoms with van der Waals surface area (Å²) in [5, 5.41) is 3.75. The number of nitrogens with zero attached hydrogens (tertiary/aromatic N) is 4. The molecular weight excluding hydrogens is 216 g/mol. The predicted octanol–water partition coefficient (Wildman–Crippen LogP) is 2.20. The molecule has 0 bridgehead atoms. The second kappa shape index (κ2) is 6.25. The van der Waals surface area contributed by atoms with E-state index in [2.05, 4.69) is 27.1 Å². The Kier molecular flexibility index (Phi) is 4.38. The maximum Gasteiger partial charge on any atom is 0.0735 e. The topological polar surface area (TPSA) is 61.2 Å². The number of benzene rings is 1. The molecule has 1 heterocycles. The number of ether oxygens (including phenoxy) is 1. The summed E-state index contributed by atoms with van der Waals surface area (Å²) in [5.41, 5.74) is 9.74. The van der Waals surface area contributed by atoms with Crippen LogP contribution in [0.3, 0.4) is 0 Å².